The van der Waals surface area contributed by atoms with E-state index in [2.05, 4.69) is 108 Å². The summed E-state index contributed by atoms with van der Waals surface area (Å²) in [5, 5.41) is 33.2. The summed E-state index contributed by atoms with van der Waals surface area (Å²) in [5.41, 5.74) is 19.5. The molecule has 0 bridgehead atoms. The van der Waals surface area contributed by atoms with Crippen LogP contribution in [0.15, 0.2) is 181 Å². The van der Waals surface area contributed by atoms with E-state index in [1.54, 1.807) is 44.7 Å². The predicted octanol–water partition coefficient (Wildman–Crippen LogP) is 18.0. The van der Waals surface area contributed by atoms with Crippen LogP contribution in [0.5, 0.6) is 0 Å². The molecular weight excluding hydrogens is 1810 g/mol. The SMILES string of the molecule is CC(C)(C)OC(=O)Nc1ccc(-c2ccccc2)cc1CC(=O)c1cnc2c(C3CC3)c(N3CCOCC3)ccc2c1.CCOC(=O)c1cnc2c(Br)c(N3CCOCC3)ccc2c1.CCOC(=O)c1cnc2c(C3CC3)c(N3CCOCC3)ccc2c1.CCOC(=O)c1cnc2cc(N3CCOCC3)ccc2c1.O=C(O)c1cnc2c(C3CC3)c(N3CCOCC3)ccc2c1.OB(O)C1CC1. The van der Waals surface area contributed by atoms with Crippen molar-refractivity contribution in [2.24, 2.45) is 0 Å². The third-order valence-corrected chi connectivity index (χ3v) is 25.9. The monoisotopic (exact) mass is 1920 g/mol. The number of ketones is 1. The first-order chi connectivity index (χ1) is 66.5. The van der Waals surface area contributed by atoms with Crippen LogP contribution in [-0.2, 0) is 49.1 Å². The number of esters is 3. The van der Waals surface area contributed by atoms with Crippen molar-refractivity contribution in [3.63, 3.8) is 0 Å². The first kappa shape index (κ1) is 97.7. The largest absolute Gasteiger partial charge is 0.478 e. The number of rotatable bonds is 21. The van der Waals surface area contributed by atoms with Crippen LogP contribution in [0.4, 0.5) is 38.9 Å². The Hall–Kier alpha value is -12.3. The highest BCUT2D eigenvalue weighted by atomic mass is 79.9. The van der Waals surface area contributed by atoms with Gasteiger partial charge < -0.3 is 82.3 Å². The van der Waals surface area contributed by atoms with Crippen molar-refractivity contribution in [2.45, 2.75) is 129 Å². The molecule has 31 heteroatoms. The Morgan fingerprint density at radius 1 is 0.416 bits per heavy atom. The lowest BCUT2D eigenvalue weighted by atomic mass is 9.84. The highest BCUT2D eigenvalue weighted by Crippen LogP contribution is 2.51. The number of hydrogen-bond acceptors (Lipinski definition) is 27. The van der Waals surface area contributed by atoms with Crippen molar-refractivity contribution in [3.05, 3.63) is 231 Å². The van der Waals surface area contributed by atoms with E-state index in [1.807, 2.05) is 125 Å². The molecule has 5 aliphatic heterocycles. The Labute approximate surface area is 806 Å². The van der Waals surface area contributed by atoms with Crippen molar-refractivity contribution in [1.82, 2.24) is 24.9 Å². The Morgan fingerprint density at radius 2 is 0.788 bits per heavy atom. The molecule has 4 N–H and O–H groups in total. The molecule has 137 heavy (non-hydrogen) atoms. The Bertz CT molecular complexity index is 6300. The number of morpholine rings is 5. The zero-order valence-corrected chi connectivity index (χ0v) is 80.2. The summed E-state index contributed by atoms with van der Waals surface area (Å²) in [6.45, 7) is 28.4. The number of fused-ring (bicyclic) bond motifs is 5. The first-order valence-corrected chi connectivity index (χ1v) is 48.6. The summed E-state index contributed by atoms with van der Waals surface area (Å²) < 4.78 is 48.8. The number of amides is 1. The van der Waals surface area contributed by atoms with E-state index >= 15 is 0 Å². The van der Waals surface area contributed by atoms with Crippen molar-refractivity contribution < 1.29 is 86.6 Å². The predicted molar refractivity (Wildman–Crippen MR) is 535 cm³/mol. The maximum absolute atomic E-state index is 13.7. The van der Waals surface area contributed by atoms with Gasteiger partial charge in [0.1, 0.15) is 5.60 Å². The van der Waals surface area contributed by atoms with Crippen LogP contribution < -0.4 is 29.8 Å². The fourth-order valence-corrected chi connectivity index (χ4v) is 18.3. The molecular formula is C106H119BBrN11O18. The van der Waals surface area contributed by atoms with Crippen LogP contribution in [0.25, 0.3) is 65.6 Å². The number of aromatic carboxylic acids is 1. The highest BCUT2D eigenvalue weighted by Gasteiger charge is 2.36. The van der Waals surface area contributed by atoms with E-state index in [1.165, 1.54) is 78.5 Å². The average molecular weight is 1930 g/mol. The van der Waals surface area contributed by atoms with E-state index in [-0.39, 0.29) is 41.5 Å². The van der Waals surface area contributed by atoms with Crippen LogP contribution in [0.3, 0.4) is 0 Å². The lowest BCUT2D eigenvalue weighted by Gasteiger charge is -2.31. The molecule has 0 atom stereocenters. The molecule has 0 radical (unpaired) electrons. The third-order valence-electron chi connectivity index (χ3n) is 25.1. The number of halogens is 1. The number of anilines is 6. The molecule has 21 rings (SSSR count). The van der Waals surface area contributed by atoms with E-state index in [9.17, 15) is 28.8 Å². The van der Waals surface area contributed by atoms with Crippen molar-refractivity contribution in [3.8, 4) is 11.1 Å². The minimum atomic E-state index is -1.04. The number of ether oxygens (including phenoxy) is 9. The van der Waals surface area contributed by atoms with Gasteiger partial charge in [-0.1, -0.05) is 79.6 Å². The van der Waals surface area contributed by atoms with Gasteiger partial charge in [-0.15, -0.1) is 0 Å². The van der Waals surface area contributed by atoms with Crippen LogP contribution in [-0.4, -0.2) is 240 Å². The van der Waals surface area contributed by atoms with E-state index < -0.39 is 24.8 Å². The van der Waals surface area contributed by atoms with Gasteiger partial charge in [0, 0.05) is 180 Å². The number of carboxylic acid groups (broad SMARTS) is 1. The summed E-state index contributed by atoms with van der Waals surface area (Å²) in [6.07, 6.45) is 16.7. The summed E-state index contributed by atoms with van der Waals surface area (Å²) in [6, 6.07) is 47.7. The number of hydrogen-bond donors (Lipinski definition) is 4. The number of benzene rings is 7. The zero-order chi connectivity index (χ0) is 95.6. The number of pyridine rings is 5. The van der Waals surface area contributed by atoms with Crippen LogP contribution in [0.2, 0.25) is 5.82 Å². The van der Waals surface area contributed by atoms with Crippen LogP contribution in [0.1, 0.15) is 185 Å². The van der Waals surface area contributed by atoms with Crippen LogP contribution >= 0.6 is 15.9 Å². The standard InChI is InChI=1S/C35H37N3O4.C19H22N2O3.C17H18N2O3.C16H17BrN2O3.C16H18N2O3.C3H7BO2/c1-35(2,3)42-34(40)37-29-13-11-25(23-7-5-4-6-8-23)19-27(29)21-31(39)28-20-26-12-14-30(38-15-17-41-18-16-38)32(24-9-10-24)33(26)36-22-28;1-2-24-19(22)15-11-14-5-6-16(21-7-9-23-10-8-21)17(13-3-4-13)18(14)20-12-15;20-17(21)13-9-12-3-4-14(19-5-7-22-8-6-19)15(11-1-2-11)16(12)18-10-13;1-2-22-16(20)12-9-11-3-4-13(14(17)15(11)18-10-12)19-5-7-21-8-6-19;1-2-21-16(19)13-9-12-3-4-14(10-15(12)17-11-13)18-5-7-20-8-6-18;5-4(6)3-1-2-3/h4-8,11-14,19-20,22,24H,9-10,15-18,21H2,1-3H3,(H,37,40);5-6,11-13H,2-4,7-10H2,1H3;3-4,9-11H,1-2,5-8H2,(H,20,21);3-4,9-10H,2,5-8H2,1H3;3-4,9-11H,2,5-8H2,1H3;3,5-6H,1-2H2. The topological polar surface area (TPSA) is 339 Å². The molecule has 1 amide bonds. The Balaban J connectivity index is 0.000000126. The maximum atomic E-state index is 13.7. The molecule has 5 saturated heterocycles. The van der Waals surface area contributed by atoms with E-state index in [4.69, 9.17) is 62.8 Å². The summed E-state index contributed by atoms with van der Waals surface area (Å²) in [4.78, 5) is 107. The number of aromatic nitrogens is 5. The van der Waals surface area contributed by atoms with Gasteiger partial charge in [-0.05, 0) is 215 Å². The quantitative estimate of drug-likeness (QED) is 0.0225. The smallest absolute Gasteiger partial charge is 0.454 e. The normalized spacial score (nSPS) is 16.5. The first-order valence-electron chi connectivity index (χ1n) is 47.8. The van der Waals surface area contributed by atoms with E-state index in [0.29, 0.717) is 71.1 Å². The molecule has 0 unspecified atom stereocenters. The second-order valence-electron chi connectivity index (χ2n) is 36.2. The molecule has 7 aromatic carbocycles. The minimum Gasteiger partial charge on any atom is -0.478 e. The number of carbonyl (C=O) groups is 6. The molecule has 9 fully saturated rings. The highest BCUT2D eigenvalue weighted by molar-refractivity contribution is 9.10. The number of carboxylic acids is 1. The summed E-state index contributed by atoms with van der Waals surface area (Å²) >= 11 is 3.65. The summed E-state index contributed by atoms with van der Waals surface area (Å²) in [5.74, 6) is -0.0942. The fraction of sp³-hybridized carbons (Fsp3) is 0.406. The number of nitrogens with zero attached hydrogens (tertiary/aromatic N) is 10. The zero-order valence-electron chi connectivity index (χ0n) is 78.6. The van der Waals surface area contributed by atoms with Gasteiger partial charge >= 0.3 is 37.1 Å². The van der Waals surface area contributed by atoms with Crippen LogP contribution in [0, 0.1) is 0 Å². The third kappa shape index (κ3) is 25.4. The number of carbonyl (C=O) groups excluding carboxylic acids is 5. The van der Waals surface area contributed by atoms with Gasteiger partial charge in [-0.25, -0.2) is 24.0 Å². The second kappa shape index (κ2) is 45.8. The molecule has 4 aliphatic carbocycles. The van der Waals surface area contributed by atoms with Gasteiger partial charge in [0.05, 0.1) is 146 Å². The molecule has 4 saturated carbocycles. The number of nitrogens with one attached hydrogen (secondary N) is 1. The molecule has 12 aromatic rings. The fourth-order valence-electron chi connectivity index (χ4n) is 17.5. The van der Waals surface area contributed by atoms with Gasteiger partial charge in [0.25, 0.3) is 0 Å². The van der Waals surface area contributed by atoms with Crippen molar-refractivity contribution in [1.29, 1.82) is 0 Å². The molecule has 29 nitrogen and oxygen atoms in total. The van der Waals surface area contributed by atoms with Gasteiger partial charge in [-0.3, -0.25) is 35.0 Å². The lowest BCUT2D eigenvalue weighted by Crippen LogP contribution is -2.36. The van der Waals surface area contributed by atoms with Crippen molar-refractivity contribution >= 4 is 147 Å². The Morgan fingerprint density at radius 3 is 1.20 bits per heavy atom. The molecule has 10 heterocycles. The van der Waals surface area contributed by atoms with Gasteiger partial charge in [0.2, 0.25) is 0 Å². The van der Waals surface area contributed by atoms with Crippen molar-refractivity contribution in [2.75, 3.05) is 181 Å². The number of Topliss-reactive ketones (excluding diaryl/α,β-unsaturated/α-hetero) is 1. The van der Waals surface area contributed by atoms with Gasteiger partial charge in [-0.2, -0.15) is 0 Å². The molecule has 5 aromatic heterocycles. The molecule has 716 valence electrons. The summed E-state index contributed by atoms with van der Waals surface area (Å²) in [7, 11) is -1.04. The Kier molecular flexibility index (Phi) is 32.6. The second-order valence-corrected chi connectivity index (χ2v) is 37.0. The maximum Gasteiger partial charge on any atom is 0.454 e. The molecule has 0 spiro atoms. The van der Waals surface area contributed by atoms with E-state index in [0.717, 1.165) is 226 Å². The average Bonchev–Trinajstić information content (AvgIpc) is 1.68. The van der Waals surface area contributed by atoms with Gasteiger partial charge in [0.15, 0.2) is 5.78 Å². The lowest BCUT2D eigenvalue weighted by molar-refractivity contribution is 0.0516. The minimum absolute atomic E-state index is 0.0629. The molecule has 9 aliphatic rings.